The number of nitrogens with zero attached hydrogens (tertiary/aromatic N) is 3. The minimum absolute atomic E-state index is 0.0166. The van der Waals surface area contributed by atoms with Crippen molar-refractivity contribution in [2.45, 2.75) is 31.3 Å². The summed E-state index contributed by atoms with van der Waals surface area (Å²) in [4.78, 5) is 19.2. The van der Waals surface area contributed by atoms with E-state index in [0.717, 1.165) is 49.1 Å². The summed E-state index contributed by atoms with van der Waals surface area (Å²) in [5, 5.41) is 8.50. The zero-order valence-corrected chi connectivity index (χ0v) is 15.2. The zero-order chi connectivity index (χ0) is 18.2. The Bertz CT molecular complexity index is 826. The molecule has 0 aromatic carbocycles. The molecular weight excluding hydrogens is 348 g/mol. The van der Waals surface area contributed by atoms with Gasteiger partial charge in [0.25, 0.3) is 0 Å². The van der Waals surface area contributed by atoms with Gasteiger partial charge in [-0.3, -0.25) is 9.89 Å². The van der Waals surface area contributed by atoms with Gasteiger partial charge >= 0.3 is 0 Å². The van der Waals surface area contributed by atoms with E-state index >= 15 is 0 Å². The fraction of sp³-hybridized carbons (Fsp3) is 0.632. The second-order valence-corrected chi connectivity index (χ2v) is 7.46. The second-order valence-electron chi connectivity index (χ2n) is 7.46. The van der Waals surface area contributed by atoms with Crippen molar-refractivity contribution in [1.82, 2.24) is 20.1 Å². The summed E-state index contributed by atoms with van der Waals surface area (Å²) in [5.74, 6) is 1.02. The largest absolute Gasteiger partial charge is 0.474 e. The molecule has 3 fully saturated rings. The van der Waals surface area contributed by atoms with E-state index in [0.29, 0.717) is 32.2 Å². The van der Waals surface area contributed by atoms with Gasteiger partial charge in [0.2, 0.25) is 11.8 Å². The van der Waals surface area contributed by atoms with E-state index in [9.17, 15) is 4.79 Å². The molecule has 5 rings (SSSR count). The number of carbonyl (C=O) groups excluding carboxylic acids is 1. The minimum Gasteiger partial charge on any atom is -0.474 e. The lowest BCUT2D eigenvalue weighted by Crippen LogP contribution is -2.41. The molecule has 3 aliphatic rings. The van der Waals surface area contributed by atoms with Crippen LogP contribution in [0.1, 0.15) is 30.9 Å². The van der Waals surface area contributed by atoms with Crippen molar-refractivity contribution < 1.29 is 19.0 Å². The molecule has 0 radical (unpaired) electrons. The molecule has 0 spiro atoms. The summed E-state index contributed by atoms with van der Waals surface area (Å²) in [7, 11) is 0. The van der Waals surface area contributed by atoms with E-state index in [1.54, 1.807) is 6.20 Å². The minimum atomic E-state index is 0.0166. The summed E-state index contributed by atoms with van der Waals surface area (Å²) in [5.41, 5.74) is 1.82. The van der Waals surface area contributed by atoms with Gasteiger partial charge in [-0.2, -0.15) is 5.10 Å². The molecule has 144 valence electrons. The number of fused-ring (bicyclic) bond motifs is 1. The van der Waals surface area contributed by atoms with Crippen LogP contribution in [-0.4, -0.2) is 71.6 Å². The Morgan fingerprint density at radius 3 is 2.78 bits per heavy atom. The highest BCUT2D eigenvalue weighted by atomic mass is 16.5. The topological polar surface area (TPSA) is 89.6 Å². The van der Waals surface area contributed by atoms with Crippen LogP contribution in [0.3, 0.4) is 0 Å². The molecular formula is C19H24N4O4. The molecule has 8 nitrogen and oxygen atoms in total. The van der Waals surface area contributed by atoms with Crippen molar-refractivity contribution in [2.24, 2.45) is 5.92 Å². The summed E-state index contributed by atoms with van der Waals surface area (Å²) in [6.45, 7) is 4.07. The normalized spacial score (nSPS) is 26.3. The number of hydrogen-bond acceptors (Lipinski definition) is 6. The van der Waals surface area contributed by atoms with E-state index < -0.39 is 0 Å². The Balaban J connectivity index is 1.37. The van der Waals surface area contributed by atoms with Crippen LogP contribution in [0.2, 0.25) is 0 Å². The summed E-state index contributed by atoms with van der Waals surface area (Å²) in [6.07, 6.45) is 4.42. The smallest absolute Gasteiger partial charge is 0.226 e. The first-order valence-electron chi connectivity index (χ1n) is 9.75. The van der Waals surface area contributed by atoms with Gasteiger partial charge in [0.1, 0.15) is 6.10 Å². The highest BCUT2D eigenvalue weighted by Crippen LogP contribution is 2.50. The number of aromatic amines is 1. The number of morpholine rings is 1. The first kappa shape index (κ1) is 16.9. The Morgan fingerprint density at radius 2 is 1.96 bits per heavy atom. The Morgan fingerprint density at radius 1 is 1.19 bits per heavy atom. The first-order chi connectivity index (χ1) is 13.3. The summed E-state index contributed by atoms with van der Waals surface area (Å²) >= 11 is 0. The average molecular weight is 372 g/mol. The molecule has 2 aromatic heterocycles. The quantitative estimate of drug-likeness (QED) is 0.874. The van der Waals surface area contributed by atoms with Gasteiger partial charge < -0.3 is 19.1 Å². The van der Waals surface area contributed by atoms with Gasteiger partial charge in [-0.25, -0.2) is 4.98 Å². The molecule has 1 saturated carbocycles. The number of amides is 1. The van der Waals surface area contributed by atoms with Crippen molar-refractivity contribution in [3.8, 4) is 5.88 Å². The number of hydrogen-bond donors (Lipinski definition) is 1. The van der Waals surface area contributed by atoms with Crippen molar-refractivity contribution in [3.05, 3.63) is 18.0 Å². The molecule has 1 aliphatic carbocycles. The fourth-order valence-electron chi connectivity index (χ4n) is 4.07. The van der Waals surface area contributed by atoms with Gasteiger partial charge in [0, 0.05) is 44.0 Å². The predicted octanol–water partition coefficient (Wildman–Crippen LogP) is 1.48. The van der Waals surface area contributed by atoms with Gasteiger partial charge in [-0.15, -0.1) is 0 Å². The van der Waals surface area contributed by atoms with Crippen LogP contribution in [0, 0.1) is 5.92 Å². The Labute approximate surface area is 157 Å². The number of pyridine rings is 1. The molecule has 8 heteroatoms. The number of carbonyl (C=O) groups is 1. The van der Waals surface area contributed by atoms with Crippen LogP contribution in [0.25, 0.3) is 10.9 Å². The first-order valence-corrected chi connectivity index (χ1v) is 9.75. The number of ether oxygens (including phenoxy) is 3. The SMILES string of the molecule is O=C(C1CC1c1[nH]nc2ccnc(OC3CCOCC3)c12)N1CCOCC1. The molecule has 1 N–H and O–H groups in total. The van der Waals surface area contributed by atoms with Gasteiger partial charge in [0.15, 0.2) is 0 Å². The number of rotatable bonds is 4. The number of aromatic nitrogens is 3. The third kappa shape index (κ3) is 3.27. The molecule has 27 heavy (non-hydrogen) atoms. The third-order valence-corrected chi connectivity index (χ3v) is 5.71. The van der Waals surface area contributed by atoms with Crippen LogP contribution in [-0.2, 0) is 14.3 Å². The van der Waals surface area contributed by atoms with Gasteiger partial charge in [-0.05, 0) is 12.5 Å². The van der Waals surface area contributed by atoms with Crippen LogP contribution in [0.4, 0.5) is 0 Å². The fourth-order valence-corrected chi connectivity index (χ4v) is 4.07. The number of nitrogens with one attached hydrogen (secondary N) is 1. The zero-order valence-electron chi connectivity index (χ0n) is 15.2. The highest BCUT2D eigenvalue weighted by Gasteiger charge is 2.48. The molecule has 0 bridgehead atoms. The van der Waals surface area contributed by atoms with Crippen molar-refractivity contribution in [3.63, 3.8) is 0 Å². The van der Waals surface area contributed by atoms with Crippen molar-refractivity contribution in [1.29, 1.82) is 0 Å². The van der Waals surface area contributed by atoms with Crippen LogP contribution in [0.5, 0.6) is 5.88 Å². The summed E-state index contributed by atoms with van der Waals surface area (Å²) < 4.78 is 17.0. The van der Waals surface area contributed by atoms with Crippen LogP contribution >= 0.6 is 0 Å². The van der Waals surface area contributed by atoms with E-state index in [2.05, 4.69) is 15.2 Å². The van der Waals surface area contributed by atoms with Crippen LogP contribution in [0.15, 0.2) is 12.3 Å². The maximum Gasteiger partial charge on any atom is 0.226 e. The lowest BCUT2D eigenvalue weighted by atomic mass is 10.1. The number of H-pyrrole nitrogens is 1. The van der Waals surface area contributed by atoms with E-state index in [4.69, 9.17) is 14.2 Å². The lowest BCUT2D eigenvalue weighted by molar-refractivity contribution is -0.136. The van der Waals surface area contributed by atoms with E-state index in [-0.39, 0.29) is 23.8 Å². The predicted molar refractivity (Wildman–Crippen MR) is 96.6 cm³/mol. The molecule has 2 atom stereocenters. The monoisotopic (exact) mass is 372 g/mol. The third-order valence-electron chi connectivity index (χ3n) is 5.71. The van der Waals surface area contributed by atoms with Gasteiger partial charge in [-0.1, -0.05) is 0 Å². The highest BCUT2D eigenvalue weighted by molar-refractivity contribution is 5.89. The van der Waals surface area contributed by atoms with Crippen molar-refractivity contribution in [2.75, 3.05) is 39.5 Å². The summed E-state index contributed by atoms with van der Waals surface area (Å²) in [6, 6.07) is 1.88. The lowest BCUT2D eigenvalue weighted by Gasteiger charge is -2.27. The van der Waals surface area contributed by atoms with Crippen LogP contribution < -0.4 is 4.74 Å². The molecule has 2 saturated heterocycles. The molecule has 2 aromatic rings. The maximum absolute atomic E-state index is 12.8. The van der Waals surface area contributed by atoms with Gasteiger partial charge in [0.05, 0.1) is 43.0 Å². The molecule has 1 amide bonds. The standard InChI is InChI=1S/C19H24N4O4/c24-19(23-5-9-26-10-6-23)14-11-13(14)17-16-15(21-22-17)1-4-20-18(16)27-12-2-7-25-8-3-12/h1,4,12-14H,2-3,5-11H2,(H,21,22). The molecule has 2 unspecified atom stereocenters. The average Bonchev–Trinajstić information content (AvgIpc) is 3.40. The van der Waals surface area contributed by atoms with E-state index in [1.807, 2.05) is 11.0 Å². The van der Waals surface area contributed by atoms with Crippen molar-refractivity contribution >= 4 is 16.8 Å². The molecule has 4 heterocycles. The second kappa shape index (κ2) is 7.09. The Kier molecular flexibility index (Phi) is 4.45. The van der Waals surface area contributed by atoms with E-state index in [1.165, 1.54) is 0 Å². The Hall–Kier alpha value is -2.19. The molecule has 2 aliphatic heterocycles. The maximum atomic E-state index is 12.8.